The second-order valence-corrected chi connectivity index (χ2v) is 10.3. The molecule has 1 aromatic heterocycles. The number of aromatic nitrogens is 1. The fourth-order valence-corrected chi connectivity index (χ4v) is 5.83. The monoisotopic (exact) mass is 422 g/mol. The fourth-order valence-electron chi connectivity index (χ4n) is 3.72. The molecule has 9 heteroatoms. The van der Waals surface area contributed by atoms with Crippen LogP contribution in [0.25, 0.3) is 0 Å². The quantitative estimate of drug-likeness (QED) is 0.707. The highest BCUT2D eigenvalue weighted by atomic mass is 32.2. The van der Waals surface area contributed by atoms with Crippen molar-refractivity contribution in [3.63, 3.8) is 0 Å². The highest BCUT2D eigenvalue weighted by Gasteiger charge is 2.33. The van der Waals surface area contributed by atoms with Crippen LogP contribution in [0.1, 0.15) is 51.4 Å². The van der Waals surface area contributed by atoms with Gasteiger partial charge in [0, 0.05) is 19.3 Å². The van der Waals surface area contributed by atoms with Gasteiger partial charge in [-0.05, 0) is 37.8 Å². The van der Waals surface area contributed by atoms with E-state index in [1.165, 1.54) is 22.3 Å². The lowest BCUT2D eigenvalue weighted by atomic mass is 9.83. The van der Waals surface area contributed by atoms with Crippen molar-refractivity contribution in [1.29, 1.82) is 5.26 Å². The molecule has 2 heterocycles. The van der Waals surface area contributed by atoms with Gasteiger partial charge in [-0.25, -0.2) is 13.4 Å². The molecule has 0 atom stereocenters. The number of rotatable bonds is 6. The van der Waals surface area contributed by atoms with Gasteiger partial charge in [0.2, 0.25) is 15.9 Å². The van der Waals surface area contributed by atoms with E-state index in [-0.39, 0.29) is 16.6 Å². The number of thioether (sulfide) groups is 1. The van der Waals surface area contributed by atoms with Crippen molar-refractivity contribution in [3.05, 3.63) is 18.3 Å². The minimum absolute atomic E-state index is 0.147. The maximum Gasteiger partial charge on any atom is 0.244 e. The number of carbonyl (C=O) groups excluding carboxylic acids is 1. The average Bonchev–Trinajstić information content (AvgIpc) is 2.74. The molecule has 1 aliphatic carbocycles. The van der Waals surface area contributed by atoms with E-state index >= 15 is 0 Å². The van der Waals surface area contributed by atoms with Crippen LogP contribution in [0.4, 0.5) is 0 Å². The molecule has 1 saturated carbocycles. The van der Waals surface area contributed by atoms with Crippen molar-refractivity contribution in [2.75, 3.05) is 18.8 Å². The Morgan fingerprint density at radius 2 is 1.86 bits per heavy atom. The molecule has 1 aliphatic heterocycles. The molecular formula is C19H26N4O3S2. The molecule has 152 valence electrons. The smallest absolute Gasteiger partial charge is 0.244 e. The molecule has 3 rings (SSSR count). The summed E-state index contributed by atoms with van der Waals surface area (Å²) in [4.78, 5) is 16.7. The van der Waals surface area contributed by atoms with Gasteiger partial charge in [0.25, 0.3) is 0 Å². The van der Waals surface area contributed by atoms with E-state index in [2.05, 4.69) is 16.4 Å². The van der Waals surface area contributed by atoms with Crippen LogP contribution in [0.15, 0.2) is 28.3 Å². The summed E-state index contributed by atoms with van der Waals surface area (Å²) in [5.41, 5.74) is -0.740. The standard InChI is InChI=1S/C19H26N4O3S2/c20-15-19(9-3-1-4-10-19)22-17(24)14-27-18-8-7-16(13-21-18)28(25,26)23-11-5-2-6-12-23/h7-8,13H,1-6,9-12,14H2,(H,22,24). The molecule has 0 radical (unpaired) electrons. The Balaban J connectivity index is 1.55. The number of sulfonamides is 1. The Hall–Kier alpha value is -1.63. The van der Waals surface area contributed by atoms with Crippen LogP contribution < -0.4 is 5.32 Å². The topological polar surface area (TPSA) is 103 Å². The third-order valence-corrected chi connectivity index (χ3v) is 8.14. The molecule has 0 unspecified atom stereocenters. The molecule has 1 amide bonds. The lowest BCUT2D eigenvalue weighted by Crippen LogP contribution is -2.49. The lowest BCUT2D eigenvalue weighted by Gasteiger charge is -2.31. The molecule has 1 aromatic rings. The van der Waals surface area contributed by atoms with Crippen molar-refractivity contribution < 1.29 is 13.2 Å². The zero-order chi connectivity index (χ0) is 20.0. The van der Waals surface area contributed by atoms with E-state index < -0.39 is 15.6 Å². The summed E-state index contributed by atoms with van der Waals surface area (Å²) < 4.78 is 26.8. The van der Waals surface area contributed by atoms with E-state index in [4.69, 9.17) is 0 Å². The zero-order valence-corrected chi connectivity index (χ0v) is 17.5. The first kappa shape index (κ1) is 21.1. The van der Waals surface area contributed by atoms with Gasteiger partial charge >= 0.3 is 0 Å². The van der Waals surface area contributed by atoms with Gasteiger partial charge in [-0.3, -0.25) is 4.79 Å². The third kappa shape index (κ3) is 5.04. The summed E-state index contributed by atoms with van der Waals surface area (Å²) in [6, 6.07) is 5.46. The van der Waals surface area contributed by atoms with Gasteiger partial charge < -0.3 is 5.32 Å². The van der Waals surface area contributed by atoms with Gasteiger partial charge in [0.05, 0.1) is 16.8 Å². The van der Waals surface area contributed by atoms with Gasteiger partial charge in [0.15, 0.2) is 0 Å². The number of piperidine rings is 1. The first-order valence-electron chi connectivity index (χ1n) is 9.76. The SMILES string of the molecule is N#CC1(NC(=O)CSc2ccc(S(=O)(=O)N3CCCCC3)cn2)CCCCC1. The molecule has 28 heavy (non-hydrogen) atoms. The fraction of sp³-hybridized carbons (Fsp3) is 0.632. The van der Waals surface area contributed by atoms with E-state index in [1.54, 1.807) is 12.1 Å². The van der Waals surface area contributed by atoms with Crippen LogP contribution in [0, 0.1) is 11.3 Å². The summed E-state index contributed by atoms with van der Waals surface area (Å²) in [6.07, 6.45) is 8.61. The summed E-state index contributed by atoms with van der Waals surface area (Å²) in [6.45, 7) is 1.11. The highest BCUT2D eigenvalue weighted by molar-refractivity contribution is 7.99. The second kappa shape index (κ2) is 9.25. The third-order valence-electron chi connectivity index (χ3n) is 5.31. The zero-order valence-electron chi connectivity index (χ0n) is 15.9. The van der Waals surface area contributed by atoms with Crippen molar-refractivity contribution in [2.24, 2.45) is 0 Å². The Kier molecular flexibility index (Phi) is 6.96. The molecule has 0 aromatic carbocycles. The largest absolute Gasteiger partial charge is 0.337 e. The van der Waals surface area contributed by atoms with Crippen LogP contribution >= 0.6 is 11.8 Å². The predicted molar refractivity (Wildman–Crippen MR) is 107 cm³/mol. The minimum Gasteiger partial charge on any atom is -0.337 e. The number of carbonyl (C=O) groups is 1. The maximum atomic E-state index is 12.6. The Morgan fingerprint density at radius 3 is 2.46 bits per heavy atom. The van der Waals surface area contributed by atoms with Crippen molar-refractivity contribution in [1.82, 2.24) is 14.6 Å². The predicted octanol–water partition coefficient (Wildman–Crippen LogP) is 2.69. The van der Waals surface area contributed by atoms with Gasteiger partial charge in [-0.15, -0.1) is 0 Å². The van der Waals surface area contributed by atoms with Crippen molar-refractivity contribution >= 4 is 27.7 Å². The minimum atomic E-state index is -3.49. The van der Waals surface area contributed by atoms with Gasteiger partial charge in [0.1, 0.15) is 10.4 Å². The van der Waals surface area contributed by atoms with Crippen molar-refractivity contribution in [2.45, 2.75) is 66.8 Å². The van der Waals surface area contributed by atoms with Gasteiger partial charge in [-0.2, -0.15) is 9.57 Å². The van der Waals surface area contributed by atoms with Crippen LogP contribution in [0.3, 0.4) is 0 Å². The summed E-state index contributed by atoms with van der Waals surface area (Å²) in [5.74, 6) is -0.0467. The van der Waals surface area contributed by atoms with Crippen LogP contribution in [0.2, 0.25) is 0 Å². The Labute approximate surface area is 170 Å². The molecule has 1 N–H and O–H groups in total. The maximum absolute atomic E-state index is 12.6. The number of nitrogens with one attached hydrogen (secondary N) is 1. The number of pyridine rings is 1. The number of amides is 1. The molecule has 7 nitrogen and oxygen atoms in total. The lowest BCUT2D eigenvalue weighted by molar-refractivity contribution is -0.120. The number of nitriles is 1. The molecule has 0 spiro atoms. The molecule has 0 bridgehead atoms. The molecule has 2 fully saturated rings. The average molecular weight is 423 g/mol. The van der Waals surface area contributed by atoms with Crippen LogP contribution in [-0.4, -0.2) is 48.0 Å². The summed E-state index contributed by atoms with van der Waals surface area (Å²) in [5, 5.41) is 12.9. The highest BCUT2D eigenvalue weighted by Crippen LogP contribution is 2.28. The van der Waals surface area contributed by atoms with E-state index in [0.29, 0.717) is 31.0 Å². The van der Waals surface area contributed by atoms with Crippen molar-refractivity contribution in [3.8, 4) is 6.07 Å². The van der Waals surface area contributed by atoms with E-state index in [9.17, 15) is 18.5 Å². The normalized spacial score (nSPS) is 20.2. The molecule has 2 aliphatic rings. The number of nitrogens with zero attached hydrogens (tertiary/aromatic N) is 3. The molecular weight excluding hydrogens is 396 g/mol. The second-order valence-electron chi connectivity index (χ2n) is 7.39. The Morgan fingerprint density at radius 1 is 1.18 bits per heavy atom. The first-order valence-corrected chi connectivity index (χ1v) is 12.2. The number of hydrogen-bond donors (Lipinski definition) is 1. The van der Waals surface area contributed by atoms with E-state index in [0.717, 1.165) is 38.5 Å². The Bertz CT molecular complexity index is 822. The number of hydrogen-bond acceptors (Lipinski definition) is 6. The van der Waals surface area contributed by atoms with E-state index in [1.807, 2.05) is 0 Å². The summed E-state index contributed by atoms with van der Waals surface area (Å²) in [7, 11) is -3.49. The molecule has 1 saturated heterocycles. The summed E-state index contributed by atoms with van der Waals surface area (Å²) >= 11 is 1.24. The first-order chi connectivity index (χ1) is 13.5. The van der Waals surface area contributed by atoms with Crippen LogP contribution in [-0.2, 0) is 14.8 Å². The van der Waals surface area contributed by atoms with Crippen LogP contribution in [0.5, 0.6) is 0 Å². The van der Waals surface area contributed by atoms with Gasteiger partial charge in [-0.1, -0.05) is 37.4 Å².